The Hall–Kier alpha value is -2.96. The molecule has 7 nitrogen and oxygen atoms in total. The molecule has 118 valence electrons. The Kier molecular flexibility index (Phi) is 3.92. The van der Waals surface area contributed by atoms with Gasteiger partial charge in [0.1, 0.15) is 0 Å². The topological polar surface area (TPSA) is 96.6 Å². The summed E-state index contributed by atoms with van der Waals surface area (Å²) in [5.41, 5.74) is 0.643. The van der Waals surface area contributed by atoms with E-state index < -0.39 is 16.4 Å². The lowest BCUT2D eigenvalue weighted by Crippen LogP contribution is -2.30. The van der Waals surface area contributed by atoms with Gasteiger partial charge in [-0.1, -0.05) is 6.07 Å². The van der Waals surface area contributed by atoms with Crippen LogP contribution in [-0.4, -0.2) is 32.4 Å². The highest BCUT2D eigenvalue weighted by molar-refractivity contribution is 5.95. The predicted octanol–water partition coefficient (Wildman–Crippen LogP) is 2.67. The molecule has 2 aromatic rings. The quantitative estimate of drug-likeness (QED) is 0.694. The van der Waals surface area contributed by atoms with E-state index in [2.05, 4.69) is 4.98 Å². The molecule has 0 aliphatic carbocycles. The van der Waals surface area contributed by atoms with Gasteiger partial charge in [0.2, 0.25) is 0 Å². The van der Waals surface area contributed by atoms with Crippen molar-refractivity contribution in [2.24, 2.45) is 0 Å². The molecule has 1 aromatic heterocycles. The van der Waals surface area contributed by atoms with Gasteiger partial charge in [0, 0.05) is 24.4 Å². The largest absolute Gasteiger partial charge is 0.502 e. The third kappa shape index (κ3) is 2.85. The van der Waals surface area contributed by atoms with Gasteiger partial charge in [0.15, 0.2) is 5.75 Å². The van der Waals surface area contributed by atoms with Gasteiger partial charge in [-0.2, -0.15) is 0 Å². The van der Waals surface area contributed by atoms with Gasteiger partial charge in [0.25, 0.3) is 5.91 Å². The first-order valence-corrected chi connectivity index (χ1v) is 7.27. The van der Waals surface area contributed by atoms with Gasteiger partial charge in [-0.05, 0) is 37.1 Å². The Balaban J connectivity index is 1.87. The number of benzene rings is 1. The summed E-state index contributed by atoms with van der Waals surface area (Å²) in [7, 11) is 0. The molecule has 0 radical (unpaired) electrons. The normalized spacial score (nSPS) is 17.2. The van der Waals surface area contributed by atoms with E-state index in [-0.39, 0.29) is 17.5 Å². The molecule has 1 N–H and O–H groups in total. The first-order valence-electron chi connectivity index (χ1n) is 7.27. The molecule has 1 atom stereocenters. The fourth-order valence-electron chi connectivity index (χ4n) is 2.87. The first kappa shape index (κ1) is 15.0. The number of nitro groups is 1. The average Bonchev–Trinajstić information content (AvgIpc) is 3.04. The number of hydrogen-bond acceptors (Lipinski definition) is 5. The molecule has 1 unspecified atom stereocenters. The lowest BCUT2D eigenvalue weighted by molar-refractivity contribution is -0.385. The highest BCUT2D eigenvalue weighted by Crippen LogP contribution is 2.33. The summed E-state index contributed by atoms with van der Waals surface area (Å²) in [5.74, 6) is -0.766. The minimum absolute atomic E-state index is 0.110. The van der Waals surface area contributed by atoms with Crippen molar-refractivity contribution in [3.8, 4) is 5.75 Å². The smallest absolute Gasteiger partial charge is 0.310 e. The van der Waals surface area contributed by atoms with Gasteiger partial charge in [0.05, 0.1) is 16.7 Å². The van der Waals surface area contributed by atoms with Crippen molar-refractivity contribution in [1.82, 2.24) is 9.88 Å². The van der Waals surface area contributed by atoms with Crippen LogP contribution in [-0.2, 0) is 0 Å². The number of nitrogens with zero attached hydrogens (tertiary/aromatic N) is 3. The minimum Gasteiger partial charge on any atom is -0.502 e. The molecule has 1 fully saturated rings. The van der Waals surface area contributed by atoms with Crippen molar-refractivity contribution in [3.05, 3.63) is 64.0 Å². The molecule has 0 bridgehead atoms. The number of nitro benzene ring substituents is 1. The molecule has 1 saturated heterocycles. The summed E-state index contributed by atoms with van der Waals surface area (Å²) < 4.78 is 0. The molecular weight excluding hydrogens is 298 g/mol. The molecule has 3 rings (SSSR count). The molecule has 1 aliphatic rings. The number of carbonyl (C=O) groups excluding carboxylic acids is 1. The van der Waals surface area contributed by atoms with Gasteiger partial charge in [-0.3, -0.25) is 19.9 Å². The van der Waals surface area contributed by atoms with Crippen LogP contribution in [0.2, 0.25) is 0 Å². The second kappa shape index (κ2) is 6.04. The van der Waals surface area contributed by atoms with E-state index >= 15 is 0 Å². The SMILES string of the molecule is O=C(c1ccc([N+](=O)[O-])c(O)c1)N1CCCC1c1ccccn1. The standard InChI is InChI=1S/C16H15N3O4/c20-15-10-11(6-7-14(15)19(22)23)16(21)18-9-3-5-13(18)12-4-1-2-8-17-12/h1-2,4,6-8,10,13,20H,3,5,9H2. The Morgan fingerprint density at radius 3 is 2.83 bits per heavy atom. The molecular formula is C16H15N3O4. The number of hydrogen-bond donors (Lipinski definition) is 1. The van der Waals surface area contributed by atoms with Crippen LogP contribution in [0.25, 0.3) is 0 Å². The Bertz CT molecular complexity index is 748. The van der Waals surface area contributed by atoms with Crippen LogP contribution in [0.1, 0.15) is 34.9 Å². The molecule has 23 heavy (non-hydrogen) atoms. The summed E-state index contributed by atoms with van der Waals surface area (Å²) in [5, 5.41) is 20.4. The highest BCUT2D eigenvalue weighted by Gasteiger charge is 2.32. The number of likely N-dealkylation sites (tertiary alicyclic amines) is 1. The summed E-state index contributed by atoms with van der Waals surface area (Å²) in [6.45, 7) is 0.595. The average molecular weight is 313 g/mol. The van der Waals surface area contributed by atoms with Crippen LogP contribution in [0.4, 0.5) is 5.69 Å². The molecule has 1 amide bonds. The number of phenols is 1. The second-order valence-corrected chi connectivity index (χ2v) is 5.37. The summed E-state index contributed by atoms with van der Waals surface area (Å²) in [6.07, 6.45) is 3.38. The number of aromatic hydroxyl groups is 1. The van der Waals surface area contributed by atoms with Crippen molar-refractivity contribution in [2.75, 3.05) is 6.54 Å². The van der Waals surface area contributed by atoms with Crippen molar-refractivity contribution in [2.45, 2.75) is 18.9 Å². The molecule has 2 heterocycles. The van der Waals surface area contributed by atoms with E-state index in [1.807, 2.05) is 18.2 Å². The zero-order valence-electron chi connectivity index (χ0n) is 12.3. The summed E-state index contributed by atoms with van der Waals surface area (Å²) >= 11 is 0. The lowest BCUT2D eigenvalue weighted by Gasteiger charge is -2.24. The van der Waals surface area contributed by atoms with Crippen LogP contribution in [0.5, 0.6) is 5.75 Å². The third-order valence-corrected chi connectivity index (χ3v) is 3.96. The van der Waals surface area contributed by atoms with Crippen molar-refractivity contribution in [1.29, 1.82) is 0 Å². The van der Waals surface area contributed by atoms with E-state index in [1.165, 1.54) is 6.07 Å². The number of carbonyl (C=O) groups is 1. The number of amides is 1. The van der Waals surface area contributed by atoms with Crippen LogP contribution >= 0.6 is 0 Å². The Labute approximate surface area is 132 Å². The maximum atomic E-state index is 12.7. The van der Waals surface area contributed by atoms with Crippen molar-refractivity contribution >= 4 is 11.6 Å². The Morgan fingerprint density at radius 2 is 2.17 bits per heavy atom. The van der Waals surface area contributed by atoms with Crippen LogP contribution in [0.15, 0.2) is 42.6 Å². The second-order valence-electron chi connectivity index (χ2n) is 5.37. The third-order valence-electron chi connectivity index (χ3n) is 3.96. The molecule has 0 spiro atoms. The van der Waals surface area contributed by atoms with E-state index in [0.717, 1.165) is 30.7 Å². The van der Waals surface area contributed by atoms with Gasteiger partial charge >= 0.3 is 5.69 Å². The zero-order valence-corrected chi connectivity index (χ0v) is 12.3. The maximum absolute atomic E-state index is 12.7. The van der Waals surface area contributed by atoms with Gasteiger partial charge in [-0.15, -0.1) is 0 Å². The monoisotopic (exact) mass is 313 g/mol. The van der Waals surface area contributed by atoms with Crippen LogP contribution in [0.3, 0.4) is 0 Å². The summed E-state index contributed by atoms with van der Waals surface area (Å²) in [6, 6.07) is 9.13. The predicted molar refractivity (Wildman–Crippen MR) is 82.0 cm³/mol. The first-order chi connectivity index (χ1) is 11.1. The fraction of sp³-hybridized carbons (Fsp3) is 0.250. The van der Waals surface area contributed by atoms with Crippen molar-refractivity contribution < 1.29 is 14.8 Å². The Morgan fingerprint density at radius 1 is 1.35 bits per heavy atom. The van der Waals surface area contributed by atoms with Crippen LogP contribution < -0.4 is 0 Å². The summed E-state index contributed by atoms with van der Waals surface area (Å²) in [4.78, 5) is 28.7. The van der Waals surface area contributed by atoms with E-state index in [1.54, 1.807) is 11.1 Å². The minimum atomic E-state index is -0.684. The number of pyridine rings is 1. The molecule has 7 heteroatoms. The van der Waals surface area contributed by atoms with Gasteiger partial charge < -0.3 is 10.0 Å². The van der Waals surface area contributed by atoms with E-state index in [4.69, 9.17) is 0 Å². The molecule has 0 saturated carbocycles. The molecule has 1 aromatic carbocycles. The number of rotatable bonds is 3. The van der Waals surface area contributed by atoms with Crippen LogP contribution in [0, 0.1) is 10.1 Å². The number of phenolic OH excluding ortho intramolecular Hbond substituents is 1. The maximum Gasteiger partial charge on any atom is 0.310 e. The lowest BCUT2D eigenvalue weighted by atomic mass is 10.1. The van der Waals surface area contributed by atoms with E-state index in [0.29, 0.717) is 6.54 Å². The number of aromatic nitrogens is 1. The van der Waals surface area contributed by atoms with Gasteiger partial charge in [-0.25, -0.2) is 0 Å². The van der Waals surface area contributed by atoms with Crippen molar-refractivity contribution in [3.63, 3.8) is 0 Å². The zero-order chi connectivity index (χ0) is 16.4. The molecule has 1 aliphatic heterocycles. The van der Waals surface area contributed by atoms with E-state index in [9.17, 15) is 20.0 Å². The highest BCUT2D eigenvalue weighted by atomic mass is 16.6. The fourth-order valence-corrected chi connectivity index (χ4v) is 2.87.